The molecule has 3 rings (SSSR count). The van der Waals surface area contributed by atoms with Crippen LogP contribution in [0.1, 0.15) is 35.2 Å². The van der Waals surface area contributed by atoms with Crippen molar-refractivity contribution in [2.75, 3.05) is 23.3 Å². The van der Waals surface area contributed by atoms with E-state index in [9.17, 15) is 4.79 Å². The van der Waals surface area contributed by atoms with Crippen molar-refractivity contribution < 1.29 is 4.79 Å². The molecule has 1 saturated heterocycles. The highest BCUT2D eigenvalue weighted by Gasteiger charge is 2.15. The Kier molecular flexibility index (Phi) is 4.91. The first kappa shape index (κ1) is 15.9. The van der Waals surface area contributed by atoms with E-state index in [0.717, 1.165) is 28.8 Å². The Labute approximate surface area is 144 Å². The number of hydrogen-bond acceptors (Lipinski definition) is 4. The number of anilines is 2. The second kappa shape index (κ2) is 7.08. The lowest BCUT2D eigenvalue weighted by Crippen LogP contribution is -2.31. The number of piperidine rings is 1. The molecule has 0 saturated carbocycles. The van der Waals surface area contributed by atoms with E-state index in [-0.39, 0.29) is 5.91 Å². The first-order valence-electron chi connectivity index (χ1n) is 7.78. The summed E-state index contributed by atoms with van der Waals surface area (Å²) in [5.74, 6) is 0.515. The summed E-state index contributed by atoms with van der Waals surface area (Å²) in [5.41, 5.74) is 2.25. The molecule has 0 atom stereocenters. The zero-order valence-corrected chi connectivity index (χ0v) is 14.6. The van der Waals surface area contributed by atoms with Crippen molar-refractivity contribution >= 4 is 33.5 Å². The highest BCUT2D eigenvalue weighted by atomic mass is 79.9. The topological polar surface area (TPSA) is 58.1 Å². The zero-order chi connectivity index (χ0) is 16.2. The largest absolute Gasteiger partial charge is 0.341 e. The molecule has 0 radical (unpaired) electrons. The number of aromatic nitrogens is 2. The molecule has 0 bridgehead atoms. The first-order valence-corrected chi connectivity index (χ1v) is 8.57. The van der Waals surface area contributed by atoms with E-state index >= 15 is 0 Å². The van der Waals surface area contributed by atoms with Crippen LogP contribution in [0.5, 0.6) is 0 Å². The van der Waals surface area contributed by atoms with Gasteiger partial charge in [0.15, 0.2) is 0 Å². The van der Waals surface area contributed by atoms with Gasteiger partial charge in [-0.3, -0.25) is 4.79 Å². The number of hydrogen-bond donors (Lipinski definition) is 1. The summed E-state index contributed by atoms with van der Waals surface area (Å²) in [5, 5.41) is 2.90. The third-order valence-corrected chi connectivity index (χ3v) is 4.47. The summed E-state index contributed by atoms with van der Waals surface area (Å²) in [6.45, 7) is 3.93. The van der Waals surface area contributed by atoms with E-state index in [0.29, 0.717) is 11.5 Å². The molecule has 2 aromatic rings. The Balaban J connectivity index is 1.69. The predicted octanol–water partition coefficient (Wildman–Crippen LogP) is 3.79. The van der Waals surface area contributed by atoms with Crippen LogP contribution in [0, 0.1) is 6.92 Å². The van der Waals surface area contributed by atoms with Crippen LogP contribution in [0.2, 0.25) is 0 Å². The third-order valence-electron chi connectivity index (χ3n) is 3.98. The minimum Gasteiger partial charge on any atom is -0.341 e. The predicted molar refractivity (Wildman–Crippen MR) is 94.9 cm³/mol. The van der Waals surface area contributed by atoms with Crippen molar-refractivity contribution in [1.29, 1.82) is 0 Å². The first-order chi connectivity index (χ1) is 11.1. The number of halogens is 1. The smallest absolute Gasteiger partial charge is 0.258 e. The Morgan fingerprint density at radius 2 is 1.87 bits per heavy atom. The van der Waals surface area contributed by atoms with Crippen LogP contribution < -0.4 is 10.2 Å². The summed E-state index contributed by atoms with van der Waals surface area (Å²) in [6, 6.07) is 5.74. The molecule has 1 aliphatic rings. The number of aryl methyl sites for hydroxylation is 1. The average Bonchev–Trinajstić information content (AvgIpc) is 2.58. The molecule has 0 spiro atoms. The van der Waals surface area contributed by atoms with Crippen LogP contribution in [0.25, 0.3) is 0 Å². The SMILES string of the molecule is Cc1cc(Br)ccc1NC(=O)c1cnc(N2CCCCC2)nc1. The molecule has 120 valence electrons. The molecule has 1 N–H and O–H groups in total. The normalized spacial score (nSPS) is 14.6. The minimum absolute atomic E-state index is 0.194. The molecular weight excluding hydrogens is 356 g/mol. The summed E-state index contributed by atoms with van der Waals surface area (Å²) >= 11 is 3.42. The summed E-state index contributed by atoms with van der Waals surface area (Å²) in [4.78, 5) is 23.2. The second-order valence-electron chi connectivity index (χ2n) is 5.73. The molecule has 0 aliphatic carbocycles. The number of carbonyl (C=O) groups is 1. The molecule has 0 unspecified atom stereocenters. The number of nitrogens with one attached hydrogen (secondary N) is 1. The lowest BCUT2D eigenvalue weighted by molar-refractivity contribution is 0.102. The van der Waals surface area contributed by atoms with E-state index in [1.165, 1.54) is 19.3 Å². The van der Waals surface area contributed by atoms with Crippen LogP contribution in [-0.2, 0) is 0 Å². The van der Waals surface area contributed by atoms with E-state index in [1.807, 2.05) is 25.1 Å². The Hall–Kier alpha value is -1.95. The summed E-state index contributed by atoms with van der Waals surface area (Å²) in [7, 11) is 0. The Bertz CT molecular complexity index is 696. The Morgan fingerprint density at radius 1 is 1.17 bits per heavy atom. The second-order valence-corrected chi connectivity index (χ2v) is 6.65. The van der Waals surface area contributed by atoms with Gasteiger partial charge in [-0.05, 0) is 49.9 Å². The monoisotopic (exact) mass is 374 g/mol. The van der Waals surface area contributed by atoms with Crippen LogP contribution in [0.4, 0.5) is 11.6 Å². The quantitative estimate of drug-likeness (QED) is 0.887. The average molecular weight is 375 g/mol. The number of amides is 1. The highest BCUT2D eigenvalue weighted by molar-refractivity contribution is 9.10. The van der Waals surface area contributed by atoms with Crippen molar-refractivity contribution in [3.05, 3.63) is 46.2 Å². The van der Waals surface area contributed by atoms with Gasteiger partial charge in [-0.25, -0.2) is 9.97 Å². The number of carbonyl (C=O) groups excluding carboxylic acids is 1. The van der Waals surface area contributed by atoms with E-state index in [2.05, 4.69) is 36.1 Å². The maximum Gasteiger partial charge on any atom is 0.258 e. The van der Waals surface area contributed by atoms with Gasteiger partial charge in [0.05, 0.1) is 5.56 Å². The van der Waals surface area contributed by atoms with Gasteiger partial charge in [0.1, 0.15) is 0 Å². The summed E-state index contributed by atoms with van der Waals surface area (Å²) < 4.78 is 0.988. The molecule has 1 aromatic heterocycles. The zero-order valence-electron chi connectivity index (χ0n) is 13.1. The van der Waals surface area contributed by atoms with E-state index in [1.54, 1.807) is 12.4 Å². The highest BCUT2D eigenvalue weighted by Crippen LogP contribution is 2.21. The maximum absolute atomic E-state index is 12.3. The van der Waals surface area contributed by atoms with Crippen molar-refractivity contribution in [3.63, 3.8) is 0 Å². The van der Waals surface area contributed by atoms with E-state index in [4.69, 9.17) is 0 Å². The number of benzene rings is 1. The van der Waals surface area contributed by atoms with Gasteiger partial charge < -0.3 is 10.2 Å². The molecular formula is C17H19BrN4O. The van der Waals surface area contributed by atoms with Gasteiger partial charge in [0.25, 0.3) is 5.91 Å². The van der Waals surface area contributed by atoms with Crippen molar-refractivity contribution in [2.24, 2.45) is 0 Å². The van der Waals surface area contributed by atoms with Crippen molar-refractivity contribution in [2.45, 2.75) is 26.2 Å². The van der Waals surface area contributed by atoms with Crippen LogP contribution in [-0.4, -0.2) is 29.0 Å². The van der Waals surface area contributed by atoms with Crippen LogP contribution in [0.15, 0.2) is 35.1 Å². The molecule has 1 fully saturated rings. The Morgan fingerprint density at radius 3 is 2.52 bits per heavy atom. The molecule has 5 nitrogen and oxygen atoms in total. The van der Waals surface area contributed by atoms with Crippen LogP contribution >= 0.6 is 15.9 Å². The van der Waals surface area contributed by atoms with Gasteiger partial charge >= 0.3 is 0 Å². The number of rotatable bonds is 3. The maximum atomic E-state index is 12.3. The van der Waals surface area contributed by atoms with Gasteiger partial charge in [-0.1, -0.05) is 15.9 Å². The van der Waals surface area contributed by atoms with Crippen molar-refractivity contribution in [3.8, 4) is 0 Å². The molecule has 1 aliphatic heterocycles. The molecule has 1 aromatic carbocycles. The molecule has 1 amide bonds. The fourth-order valence-electron chi connectivity index (χ4n) is 2.66. The van der Waals surface area contributed by atoms with Crippen LogP contribution in [0.3, 0.4) is 0 Å². The van der Waals surface area contributed by atoms with Gasteiger partial charge in [0, 0.05) is 35.6 Å². The fourth-order valence-corrected chi connectivity index (χ4v) is 3.13. The standard InChI is InChI=1S/C17H19BrN4O/c1-12-9-14(18)5-6-15(12)21-16(23)13-10-19-17(20-11-13)22-7-3-2-4-8-22/h5-6,9-11H,2-4,7-8H2,1H3,(H,21,23). The molecule has 2 heterocycles. The number of nitrogens with zero attached hydrogens (tertiary/aromatic N) is 3. The fraction of sp³-hybridized carbons (Fsp3) is 0.353. The molecule has 23 heavy (non-hydrogen) atoms. The lowest BCUT2D eigenvalue weighted by Gasteiger charge is -2.26. The van der Waals surface area contributed by atoms with Gasteiger partial charge in [-0.2, -0.15) is 0 Å². The van der Waals surface area contributed by atoms with Crippen molar-refractivity contribution in [1.82, 2.24) is 9.97 Å². The van der Waals surface area contributed by atoms with Gasteiger partial charge in [-0.15, -0.1) is 0 Å². The van der Waals surface area contributed by atoms with E-state index < -0.39 is 0 Å². The minimum atomic E-state index is -0.194. The summed E-state index contributed by atoms with van der Waals surface area (Å²) in [6.07, 6.45) is 6.81. The molecule has 6 heteroatoms. The third kappa shape index (κ3) is 3.88. The lowest BCUT2D eigenvalue weighted by atomic mass is 10.1. The van der Waals surface area contributed by atoms with Gasteiger partial charge in [0.2, 0.25) is 5.95 Å².